The van der Waals surface area contributed by atoms with Crippen LogP contribution < -0.4 is 0 Å². The number of nitrogens with zero attached hydrogens (tertiary/aromatic N) is 3. The molecule has 1 aliphatic heterocycles. The molecule has 1 aromatic heterocycles. The highest BCUT2D eigenvalue weighted by Crippen LogP contribution is 2.06. The average Bonchev–Trinajstić information content (AvgIpc) is 2.66. The van der Waals surface area contributed by atoms with E-state index in [9.17, 15) is 4.79 Å². The molecule has 1 aromatic rings. The number of hydrogen-bond donors (Lipinski definition) is 1. The van der Waals surface area contributed by atoms with Crippen molar-refractivity contribution in [2.45, 2.75) is 12.6 Å². The number of likely N-dealkylation sites (N-methyl/N-ethyl adjacent to an activating group) is 1. The van der Waals surface area contributed by atoms with Crippen molar-refractivity contribution in [3.8, 4) is 0 Å². The van der Waals surface area contributed by atoms with Gasteiger partial charge < -0.3 is 14.7 Å². The van der Waals surface area contributed by atoms with Gasteiger partial charge in [0.1, 0.15) is 0 Å². The number of rotatable bonds is 3. The van der Waals surface area contributed by atoms with E-state index in [1.54, 1.807) is 4.68 Å². The van der Waals surface area contributed by atoms with Crippen molar-refractivity contribution in [1.82, 2.24) is 14.7 Å². The van der Waals surface area contributed by atoms with E-state index in [1.807, 2.05) is 7.05 Å². The van der Waals surface area contributed by atoms with Crippen LogP contribution in [0.25, 0.3) is 0 Å². The molecule has 1 atom stereocenters. The third-order valence-corrected chi connectivity index (χ3v) is 2.61. The second-order valence-corrected chi connectivity index (χ2v) is 4.01. The number of carboxylic acids is 1. The fourth-order valence-corrected chi connectivity index (χ4v) is 1.76. The van der Waals surface area contributed by atoms with Crippen molar-refractivity contribution in [3.63, 3.8) is 0 Å². The van der Waals surface area contributed by atoms with Crippen LogP contribution in [0.1, 0.15) is 10.4 Å². The van der Waals surface area contributed by atoms with Crippen LogP contribution in [0.5, 0.6) is 0 Å². The first-order chi connectivity index (χ1) is 7.65. The second kappa shape index (κ2) is 4.63. The maximum absolute atomic E-state index is 10.7. The van der Waals surface area contributed by atoms with Crippen LogP contribution in [-0.4, -0.2) is 58.6 Å². The zero-order valence-electron chi connectivity index (χ0n) is 9.17. The maximum Gasteiger partial charge on any atom is 0.338 e. The first-order valence-electron chi connectivity index (χ1n) is 5.21. The van der Waals surface area contributed by atoms with Gasteiger partial charge in [-0.25, -0.2) is 4.79 Å². The van der Waals surface area contributed by atoms with Crippen LogP contribution in [0.3, 0.4) is 0 Å². The van der Waals surface area contributed by atoms with E-state index in [1.165, 1.54) is 12.4 Å². The molecule has 0 saturated carbocycles. The molecule has 0 aromatic carbocycles. The van der Waals surface area contributed by atoms with Crippen LogP contribution in [0.4, 0.5) is 0 Å². The summed E-state index contributed by atoms with van der Waals surface area (Å²) < 4.78 is 7.19. The molecule has 88 valence electrons. The third kappa shape index (κ3) is 2.59. The lowest BCUT2D eigenvalue weighted by Gasteiger charge is -2.29. The van der Waals surface area contributed by atoms with Crippen LogP contribution >= 0.6 is 0 Å². The minimum Gasteiger partial charge on any atom is -0.478 e. The van der Waals surface area contributed by atoms with E-state index >= 15 is 0 Å². The van der Waals surface area contributed by atoms with Crippen molar-refractivity contribution in [1.29, 1.82) is 0 Å². The van der Waals surface area contributed by atoms with Crippen molar-refractivity contribution < 1.29 is 14.6 Å². The van der Waals surface area contributed by atoms with Gasteiger partial charge in [-0.1, -0.05) is 0 Å². The summed E-state index contributed by atoms with van der Waals surface area (Å²) in [4.78, 5) is 12.9. The smallest absolute Gasteiger partial charge is 0.338 e. The SMILES string of the molecule is CN1CCOC(Cn2cc(C(=O)O)cn2)C1. The van der Waals surface area contributed by atoms with E-state index in [2.05, 4.69) is 10.00 Å². The van der Waals surface area contributed by atoms with Gasteiger partial charge in [-0.3, -0.25) is 4.68 Å². The van der Waals surface area contributed by atoms with Crippen molar-refractivity contribution >= 4 is 5.97 Å². The monoisotopic (exact) mass is 225 g/mol. The summed E-state index contributed by atoms with van der Waals surface area (Å²) in [5.41, 5.74) is 0.212. The third-order valence-electron chi connectivity index (χ3n) is 2.61. The van der Waals surface area contributed by atoms with Gasteiger partial charge in [-0.2, -0.15) is 5.10 Å². The topological polar surface area (TPSA) is 67.6 Å². The lowest BCUT2D eigenvalue weighted by atomic mass is 10.3. The molecule has 0 radical (unpaired) electrons. The Balaban J connectivity index is 1.95. The Bertz CT molecular complexity index is 377. The van der Waals surface area contributed by atoms with Crippen LogP contribution in [0, 0.1) is 0 Å². The van der Waals surface area contributed by atoms with E-state index in [0.717, 1.165) is 13.1 Å². The molecule has 0 spiro atoms. The zero-order valence-corrected chi connectivity index (χ0v) is 9.17. The number of carboxylic acid groups (broad SMARTS) is 1. The van der Waals surface area contributed by atoms with Crippen LogP contribution in [0.15, 0.2) is 12.4 Å². The average molecular weight is 225 g/mol. The van der Waals surface area contributed by atoms with Gasteiger partial charge in [0.15, 0.2) is 0 Å². The Morgan fingerprint density at radius 3 is 3.19 bits per heavy atom. The molecule has 1 fully saturated rings. The molecule has 6 heteroatoms. The van der Waals surface area contributed by atoms with E-state index < -0.39 is 5.97 Å². The summed E-state index contributed by atoms with van der Waals surface area (Å²) in [5.74, 6) is -0.951. The van der Waals surface area contributed by atoms with E-state index in [0.29, 0.717) is 13.2 Å². The number of ether oxygens (including phenoxy) is 1. The number of aromatic nitrogens is 2. The summed E-state index contributed by atoms with van der Waals surface area (Å²) in [7, 11) is 2.04. The molecule has 1 unspecified atom stereocenters. The minimum atomic E-state index is -0.951. The molecule has 0 aliphatic carbocycles. The predicted octanol–water partition coefficient (Wildman–Crippen LogP) is -0.0881. The molecular formula is C10H15N3O3. The van der Waals surface area contributed by atoms with Gasteiger partial charge in [-0.15, -0.1) is 0 Å². The van der Waals surface area contributed by atoms with E-state index in [-0.39, 0.29) is 11.7 Å². The minimum absolute atomic E-state index is 0.0836. The fourth-order valence-electron chi connectivity index (χ4n) is 1.76. The Morgan fingerprint density at radius 2 is 2.56 bits per heavy atom. The molecule has 16 heavy (non-hydrogen) atoms. The number of morpholine rings is 1. The second-order valence-electron chi connectivity index (χ2n) is 4.01. The Labute approximate surface area is 93.4 Å². The molecule has 1 aliphatic rings. The van der Waals surface area contributed by atoms with Crippen LogP contribution in [0.2, 0.25) is 0 Å². The van der Waals surface area contributed by atoms with Gasteiger partial charge >= 0.3 is 5.97 Å². The Morgan fingerprint density at radius 1 is 1.75 bits per heavy atom. The zero-order chi connectivity index (χ0) is 11.5. The highest BCUT2D eigenvalue weighted by molar-refractivity contribution is 5.86. The van der Waals surface area contributed by atoms with Crippen LogP contribution in [-0.2, 0) is 11.3 Å². The summed E-state index contributed by atoms with van der Waals surface area (Å²) in [6.07, 6.45) is 2.97. The normalized spacial score (nSPS) is 22.2. The molecule has 6 nitrogen and oxygen atoms in total. The summed E-state index contributed by atoms with van der Waals surface area (Å²) in [5, 5.41) is 12.7. The Kier molecular flexibility index (Phi) is 3.21. The first-order valence-corrected chi connectivity index (χ1v) is 5.21. The van der Waals surface area contributed by atoms with Gasteiger partial charge in [-0.05, 0) is 7.05 Å². The maximum atomic E-state index is 10.7. The van der Waals surface area contributed by atoms with Crippen molar-refractivity contribution in [2.24, 2.45) is 0 Å². The number of hydrogen-bond acceptors (Lipinski definition) is 4. The fraction of sp³-hybridized carbons (Fsp3) is 0.600. The van der Waals surface area contributed by atoms with Crippen molar-refractivity contribution in [3.05, 3.63) is 18.0 Å². The van der Waals surface area contributed by atoms with Gasteiger partial charge in [0.2, 0.25) is 0 Å². The lowest BCUT2D eigenvalue weighted by molar-refractivity contribution is -0.0290. The molecule has 0 bridgehead atoms. The highest BCUT2D eigenvalue weighted by atomic mass is 16.5. The molecule has 2 heterocycles. The molecule has 1 saturated heterocycles. The summed E-state index contributed by atoms with van der Waals surface area (Å²) in [6, 6.07) is 0. The molecular weight excluding hydrogens is 210 g/mol. The molecule has 1 N–H and O–H groups in total. The predicted molar refractivity (Wildman–Crippen MR) is 56.4 cm³/mol. The molecule has 2 rings (SSSR count). The van der Waals surface area contributed by atoms with Gasteiger partial charge in [0, 0.05) is 19.3 Å². The van der Waals surface area contributed by atoms with Crippen molar-refractivity contribution in [2.75, 3.05) is 26.7 Å². The largest absolute Gasteiger partial charge is 0.478 e. The summed E-state index contributed by atoms with van der Waals surface area (Å²) >= 11 is 0. The number of carbonyl (C=O) groups is 1. The van der Waals surface area contributed by atoms with Gasteiger partial charge in [0.05, 0.1) is 31.0 Å². The standard InChI is InChI=1S/C10H15N3O3/c1-12-2-3-16-9(6-12)7-13-5-8(4-11-13)10(14)15/h4-5,9H,2-3,6-7H2,1H3,(H,14,15). The number of aromatic carboxylic acids is 1. The molecule has 0 amide bonds. The summed E-state index contributed by atoms with van der Waals surface area (Å²) in [6.45, 7) is 3.10. The quantitative estimate of drug-likeness (QED) is 0.778. The van der Waals surface area contributed by atoms with Gasteiger partial charge in [0.25, 0.3) is 0 Å². The van der Waals surface area contributed by atoms with E-state index in [4.69, 9.17) is 9.84 Å². The first kappa shape index (κ1) is 11.1. The highest BCUT2D eigenvalue weighted by Gasteiger charge is 2.18. The lowest BCUT2D eigenvalue weighted by Crippen LogP contribution is -2.42. The Hall–Kier alpha value is -1.40.